The van der Waals surface area contributed by atoms with E-state index in [2.05, 4.69) is 4.98 Å². The topological polar surface area (TPSA) is 82.6 Å². The van der Waals surface area contributed by atoms with E-state index in [9.17, 15) is 15.0 Å². The van der Waals surface area contributed by atoms with Crippen LogP contribution < -0.4 is 0 Å². The summed E-state index contributed by atoms with van der Waals surface area (Å²) in [6.45, 7) is 2.10. The summed E-state index contributed by atoms with van der Waals surface area (Å²) in [7, 11) is 0. The largest absolute Gasteiger partial charge is 0.504 e. The van der Waals surface area contributed by atoms with Crippen molar-refractivity contribution in [2.75, 3.05) is 6.61 Å². The van der Waals surface area contributed by atoms with Crippen molar-refractivity contribution in [3.63, 3.8) is 0 Å². The molecule has 0 bridgehead atoms. The third kappa shape index (κ3) is 2.33. The van der Waals surface area contributed by atoms with Gasteiger partial charge in [-0.1, -0.05) is 0 Å². The van der Waals surface area contributed by atoms with Gasteiger partial charge in [0.15, 0.2) is 11.5 Å². The molecule has 0 aliphatic heterocycles. The molecule has 3 N–H and O–H groups in total. The Balaban J connectivity index is 2.29. The lowest BCUT2D eigenvalue weighted by molar-refractivity contribution is -0.142. The Labute approximate surface area is 97.6 Å². The summed E-state index contributed by atoms with van der Waals surface area (Å²) in [5.74, 6) is -0.686. The van der Waals surface area contributed by atoms with Crippen LogP contribution in [0.3, 0.4) is 0 Å². The number of fused-ring (bicyclic) bond motifs is 1. The molecule has 5 nitrogen and oxygen atoms in total. The van der Waals surface area contributed by atoms with Gasteiger partial charge in [0.2, 0.25) is 0 Å². The molecule has 0 spiro atoms. The average molecular weight is 235 g/mol. The highest BCUT2D eigenvalue weighted by Gasteiger charge is 2.09. The SMILES string of the molecule is CCOC(=O)Cc1cc2cc(O)c(O)cc2[nH]1. The van der Waals surface area contributed by atoms with E-state index >= 15 is 0 Å². The minimum absolute atomic E-state index is 0.143. The van der Waals surface area contributed by atoms with E-state index in [0.29, 0.717) is 17.8 Å². The van der Waals surface area contributed by atoms with E-state index in [0.717, 1.165) is 5.39 Å². The number of nitrogens with one attached hydrogen (secondary N) is 1. The first-order valence-electron chi connectivity index (χ1n) is 5.29. The molecule has 17 heavy (non-hydrogen) atoms. The van der Waals surface area contributed by atoms with Crippen LogP contribution in [0.15, 0.2) is 18.2 Å². The number of ether oxygens (including phenoxy) is 1. The summed E-state index contributed by atoms with van der Waals surface area (Å²) in [4.78, 5) is 14.3. The fraction of sp³-hybridized carbons (Fsp3) is 0.250. The van der Waals surface area contributed by atoms with Crippen molar-refractivity contribution in [3.05, 3.63) is 23.9 Å². The van der Waals surface area contributed by atoms with Crippen molar-refractivity contribution >= 4 is 16.9 Å². The summed E-state index contributed by atoms with van der Waals surface area (Å²) in [5, 5.41) is 19.4. The lowest BCUT2D eigenvalue weighted by atomic mass is 10.2. The zero-order valence-corrected chi connectivity index (χ0v) is 9.36. The van der Waals surface area contributed by atoms with Crippen LogP contribution in [0.4, 0.5) is 0 Å². The number of esters is 1. The number of aromatic hydroxyl groups is 2. The highest BCUT2D eigenvalue weighted by Crippen LogP contribution is 2.30. The minimum Gasteiger partial charge on any atom is -0.504 e. The zero-order chi connectivity index (χ0) is 12.4. The molecule has 1 heterocycles. The molecule has 0 atom stereocenters. The third-order valence-electron chi connectivity index (χ3n) is 2.41. The predicted octanol–water partition coefficient (Wildman–Crippen LogP) is 1.68. The van der Waals surface area contributed by atoms with Crippen LogP contribution in [-0.2, 0) is 16.0 Å². The number of aromatic nitrogens is 1. The lowest BCUT2D eigenvalue weighted by Gasteiger charge is -1.98. The second-order valence-corrected chi connectivity index (χ2v) is 3.70. The fourth-order valence-electron chi connectivity index (χ4n) is 1.68. The summed E-state index contributed by atoms with van der Waals surface area (Å²) in [5.41, 5.74) is 1.35. The van der Waals surface area contributed by atoms with Crippen molar-refractivity contribution in [2.24, 2.45) is 0 Å². The average Bonchev–Trinajstić information content (AvgIpc) is 2.60. The van der Waals surface area contributed by atoms with Gasteiger partial charge in [0, 0.05) is 22.7 Å². The Morgan fingerprint density at radius 3 is 2.71 bits per heavy atom. The molecule has 0 fully saturated rings. The quantitative estimate of drug-likeness (QED) is 0.558. The van der Waals surface area contributed by atoms with E-state index in [1.807, 2.05) is 0 Å². The van der Waals surface area contributed by atoms with Gasteiger partial charge in [0.1, 0.15) is 0 Å². The van der Waals surface area contributed by atoms with Gasteiger partial charge in [0.05, 0.1) is 13.0 Å². The molecule has 1 aromatic heterocycles. The molecular formula is C12H13NO4. The van der Waals surface area contributed by atoms with Crippen molar-refractivity contribution in [1.29, 1.82) is 0 Å². The number of rotatable bonds is 3. The molecule has 90 valence electrons. The first-order chi connectivity index (χ1) is 8.10. The molecule has 0 radical (unpaired) electrons. The standard InChI is InChI=1S/C12H13NO4/c1-2-17-12(16)5-8-3-7-4-10(14)11(15)6-9(7)13-8/h3-4,6,13-15H,2,5H2,1H3. The Morgan fingerprint density at radius 1 is 1.29 bits per heavy atom. The first kappa shape index (κ1) is 11.3. The van der Waals surface area contributed by atoms with Gasteiger partial charge in [-0.25, -0.2) is 0 Å². The van der Waals surface area contributed by atoms with Crippen LogP contribution in [0.2, 0.25) is 0 Å². The van der Waals surface area contributed by atoms with Gasteiger partial charge in [-0.3, -0.25) is 4.79 Å². The molecule has 5 heteroatoms. The summed E-state index contributed by atoms with van der Waals surface area (Å²) in [6, 6.07) is 4.60. The Bertz CT molecular complexity index is 520. The number of hydrogen-bond donors (Lipinski definition) is 3. The predicted molar refractivity (Wildman–Crippen MR) is 62.0 cm³/mol. The van der Waals surface area contributed by atoms with Gasteiger partial charge in [-0.15, -0.1) is 0 Å². The summed E-state index contributed by atoms with van der Waals surface area (Å²) in [6.07, 6.45) is 0.143. The van der Waals surface area contributed by atoms with E-state index < -0.39 is 0 Å². The van der Waals surface area contributed by atoms with Crippen molar-refractivity contribution in [1.82, 2.24) is 4.98 Å². The zero-order valence-electron chi connectivity index (χ0n) is 9.36. The van der Waals surface area contributed by atoms with E-state index in [-0.39, 0.29) is 23.9 Å². The van der Waals surface area contributed by atoms with Gasteiger partial charge >= 0.3 is 5.97 Å². The Kier molecular flexibility index (Phi) is 2.91. The smallest absolute Gasteiger partial charge is 0.311 e. The van der Waals surface area contributed by atoms with Crippen LogP contribution >= 0.6 is 0 Å². The molecule has 0 amide bonds. The molecule has 0 aliphatic rings. The fourth-order valence-corrected chi connectivity index (χ4v) is 1.68. The monoisotopic (exact) mass is 235 g/mol. The Morgan fingerprint density at radius 2 is 2.00 bits per heavy atom. The maximum absolute atomic E-state index is 11.3. The van der Waals surface area contributed by atoms with E-state index in [4.69, 9.17) is 4.74 Å². The third-order valence-corrected chi connectivity index (χ3v) is 2.41. The van der Waals surface area contributed by atoms with Crippen molar-refractivity contribution in [2.45, 2.75) is 13.3 Å². The highest BCUT2D eigenvalue weighted by atomic mass is 16.5. The van der Waals surface area contributed by atoms with Gasteiger partial charge < -0.3 is 19.9 Å². The molecule has 0 saturated carbocycles. The molecule has 2 rings (SSSR count). The van der Waals surface area contributed by atoms with Crippen LogP contribution in [0.1, 0.15) is 12.6 Å². The van der Waals surface area contributed by atoms with Gasteiger partial charge in [-0.2, -0.15) is 0 Å². The van der Waals surface area contributed by atoms with Crippen LogP contribution in [-0.4, -0.2) is 27.8 Å². The minimum atomic E-state index is -0.312. The summed E-state index contributed by atoms with van der Waals surface area (Å²) < 4.78 is 4.83. The van der Waals surface area contributed by atoms with Gasteiger partial charge in [0.25, 0.3) is 0 Å². The molecule has 0 saturated heterocycles. The normalized spacial score (nSPS) is 10.6. The lowest BCUT2D eigenvalue weighted by Crippen LogP contribution is -2.07. The molecule has 2 aromatic rings. The number of phenolic OH excluding ortho intramolecular Hbond substituents is 2. The number of aromatic amines is 1. The molecule has 1 aromatic carbocycles. The van der Waals surface area contributed by atoms with E-state index in [1.165, 1.54) is 12.1 Å². The molecular weight excluding hydrogens is 222 g/mol. The van der Waals surface area contributed by atoms with Crippen LogP contribution in [0.25, 0.3) is 10.9 Å². The number of hydrogen-bond acceptors (Lipinski definition) is 4. The van der Waals surface area contributed by atoms with Crippen molar-refractivity contribution < 1.29 is 19.7 Å². The molecule has 0 aliphatic carbocycles. The van der Waals surface area contributed by atoms with Crippen LogP contribution in [0, 0.1) is 0 Å². The maximum Gasteiger partial charge on any atom is 0.311 e. The number of carbonyl (C=O) groups is 1. The second kappa shape index (κ2) is 4.37. The van der Waals surface area contributed by atoms with E-state index in [1.54, 1.807) is 13.0 Å². The van der Waals surface area contributed by atoms with Crippen LogP contribution in [0.5, 0.6) is 11.5 Å². The van der Waals surface area contributed by atoms with Crippen molar-refractivity contribution in [3.8, 4) is 11.5 Å². The second-order valence-electron chi connectivity index (χ2n) is 3.70. The number of phenols is 2. The Hall–Kier alpha value is -2.17. The highest BCUT2D eigenvalue weighted by molar-refractivity contribution is 5.85. The number of carbonyl (C=O) groups excluding carboxylic acids is 1. The maximum atomic E-state index is 11.3. The first-order valence-corrected chi connectivity index (χ1v) is 5.29. The van der Waals surface area contributed by atoms with Gasteiger partial charge in [-0.05, 0) is 19.1 Å². The number of H-pyrrole nitrogens is 1. The summed E-state index contributed by atoms with van der Waals surface area (Å²) >= 11 is 0. The molecule has 0 unspecified atom stereocenters. The number of benzene rings is 1.